The summed E-state index contributed by atoms with van der Waals surface area (Å²) < 4.78 is 16.8. The van der Waals surface area contributed by atoms with Crippen LogP contribution in [0.5, 0.6) is 0 Å². The zero-order chi connectivity index (χ0) is 54.3. The largest absolute Gasteiger partial charge is 0.462 e. The van der Waals surface area contributed by atoms with Crippen LogP contribution in [0.25, 0.3) is 0 Å². The molecule has 75 heavy (non-hydrogen) atoms. The molecule has 0 aromatic carbocycles. The van der Waals surface area contributed by atoms with Crippen molar-refractivity contribution in [3.8, 4) is 0 Å². The summed E-state index contributed by atoms with van der Waals surface area (Å²) in [5, 5.41) is 0. The van der Waals surface area contributed by atoms with Gasteiger partial charge in [0.15, 0.2) is 6.10 Å². The van der Waals surface area contributed by atoms with Crippen molar-refractivity contribution in [3.63, 3.8) is 0 Å². The van der Waals surface area contributed by atoms with Gasteiger partial charge in [-0.25, -0.2) is 0 Å². The molecule has 0 aliphatic carbocycles. The van der Waals surface area contributed by atoms with Gasteiger partial charge in [0.05, 0.1) is 0 Å². The van der Waals surface area contributed by atoms with Crippen molar-refractivity contribution in [1.29, 1.82) is 0 Å². The molecule has 432 valence electrons. The maximum absolute atomic E-state index is 12.8. The lowest BCUT2D eigenvalue weighted by Gasteiger charge is -2.18. The molecule has 0 aliphatic heterocycles. The van der Waals surface area contributed by atoms with E-state index in [1.165, 1.54) is 154 Å². The molecule has 0 radical (unpaired) electrons. The summed E-state index contributed by atoms with van der Waals surface area (Å²) in [7, 11) is 0. The Bertz CT molecular complexity index is 1430. The van der Waals surface area contributed by atoms with Gasteiger partial charge in [0.1, 0.15) is 13.2 Å². The Morgan fingerprint density at radius 2 is 0.520 bits per heavy atom. The predicted molar refractivity (Wildman–Crippen MR) is 325 cm³/mol. The van der Waals surface area contributed by atoms with Gasteiger partial charge in [0, 0.05) is 19.3 Å². The van der Waals surface area contributed by atoms with E-state index in [-0.39, 0.29) is 31.1 Å². The van der Waals surface area contributed by atoms with Crippen LogP contribution in [0, 0.1) is 0 Å². The zero-order valence-corrected chi connectivity index (χ0v) is 49.6. The highest BCUT2D eigenvalue weighted by Gasteiger charge is 2.19. The molecule has 0 fully saturated rings. The van der Waals surface area contributed by atoms with Crippen LogP contribution in [0.3, 0.4) is 0 Å². The van der Waals surface area contributed by atoms with E-state index in [2.05, 4.69) is 106 Å². The molecular weight excluding hydrogens is 925 g/mol. The van der Waals surface area contributed by atoms with Crippen LogP contribution < -0.4 is 0 Å². The third kappa shape index (κ3) is 61.3. The molecule has 0 bridgehead atoms. The number of allylic oxidation sites excluding steroid dienone is 14. The lowest BCUT2D eigenvalue weighted by molar-refractivity contribution is -0.167. The molecule has 6 nitrogen and oxygen atoms in total. The molecule has 0 rings (SSSR count). The Hall–Kier alpha value is -3.41. The fourth-order valence-corrected chi connectivity index (χ4v) is 9.13. The number of carbonyl (C=O) groups is 3. The van der Waals surface area contributed by atoms with Crippen LogP contribution in [-0.4, -0.2) is 37.2 Å². The fraction of sp³-hybridized carbons (Fsp3) is 0.754. The first-order valence-electron chi connectivity index (χ1n) is 32.1. The first kappa shape index (κ1) is 71.6. The summed E-state index contributed by atoms with van der Waals surface area (Å²) >= 11 is 0. The summed E-state index contributed by atoms with van der Waals surface area (Å²) in [5.74, 6) is -0.898. The van der Waals surface area contributed by atoms with Gasteiger partial charge in [-0.2, -0.15) is 0 Å². The average Bonchev–Trinajstić information content (AvgIpc) is 3.41. The van der Waals surface area contributed by atoms with Crippen molar-refractivity contribution < 1.29 is 28.6 Å². The fourth-order valence-electron chi connectivity index (χ4n) is 9.13. The number of esters is 3. The van der Waals surface area contributed by atoms with Crippen LogP contribution >= 0.6 is 0 Å². The average molecular weight is 1050 g/mol. The topological polar surface area (TPSA) is 78.9 Å². The van der Waals surface area contributed by atoms with Gasteiger partial charge in [0.2, 0.25) is 0 Å². The van der Waals surface area contributed by atoms with E-state index in [9.17, 15) is 14.4 Å². The smallest absolute Gasteiger partial charge is 0.306 e. The van der Waals surface area contributed by atoms with Gasteiger partial charge >= 0.3 is 17.9 Å². The highest BCUT2D eigenvalue weighted by molar-refractivity contribution is 5.71. The summed E-state index contributed by atoms with van der Waals surface area (Å²) in [6.45, 7) is 6.48. The van der Waals surface area contributed by atoms with Crippen LogP contribution in [-0.2, 0) is 28.6 Å². The third-order valence-electron chi connectivity index (χ3n) is 13.9. The molecular formula is C69H120O6. The van der Waals surface area contributed by atoms with Crippen molar-refractivity contribution in [2.24, 2.45) is 0 Å². The molecule has 0 amide bonds. The number of carbonyl (C=O) groups excluding carboxylic acids is 3. The van der Waals surface area contributed by atoms with Gasteiger partial charge in [-0.05, 0) is 77.0 Å². The van der Waals surface area contributed by atoms with Gasteiger partial charge in [-0.1, -0.05) is 305 Å². The van der Waals surface area contributed by atoms with Crippen LogP contribution in [0.15, 0.2) is 85.1 Å². The van der Waals surface area contributed by atoms with Gasteiger partial charge in [-0.3, -0.25) is 14.4 Å². The van der Waals surface area contributed by atoms with Crippen molar-refractivity contribution in [1.82, 2.24) is 0 Å². The number of ether oxygens (including phenoxy) is 3. The Kier molecular flexibility index (Phi) is 60.3. The standard InChI is InChI=1S/C69H120O6/c1-4-7-10-13-16-18-20-22-24-26-28-30-32-34-35-36-38-39-41-43-45-47-49-51-53-56-59-62-68(71)74-65-66(64-73-67(70)61-58-55-15-12-9-6-3)75-69(72)63-60-57-54-52-50-48-46-44-42-40-37-33-31-29-27-25-23-21-19-17-14-11-8-5-2/h7,10,16,18,22,24,28,30,34-35,38-39,43,45,66H,4-6,8-9,11-15,17,19-21,23,25-27,29,31-33,36-37,40-42,44,46-65H2,1-3H3/b10-7-,18-16-,24-22-,30-28-,35-34-,39-38-,45-43-. The highest BCUT2D eigenvalue weighted by atomic mass is 16.6. The van der Waals surface area contributed by atoms with E-state index in [1.807, 2.05) is 0 Å². The van der Waals surface area contributed by atoms with Gasteiger partial charge in [0.25, 0.3) is 0 Å². The Labute approximate surface area is 465 Å². The van der Waals surface area contributed by atoms with E-state index in [0.29, 0.717) is 19.3 Å². The van der Waals surface area contributed by atoms with E-state index >= 15 is 0 Å². The molecule has 0 aromatic rings. The number of hydrogen-bond donors (Lipinski definition) is 0. The molecule has 0 aliphatic rings. The number of hydrogen-bond acceptors (Lipinski definition) is 6. The van der Waals surface area contributed by atoms with Crippen LogP contribution in [0.2, 0.25) is 0 Å². The summed E-state index contributed by atoms with van der Waals surface area (Å²) in [4.78, 5) is 38.0. The van der Waals surface area contributed by atoms with E-state index in [1.54, 1.807) is 0 Å². The molecule has 0 saturated carbocycles. The zero-order valence-electron chi connectivity index (χ0n) is 49.6. The normalized spacial score (nSPS) is 12.6. The maximum atomic E-state index is 12.8. The minimum absolute atomic E-state index is 0.0804. The maximum Gasteiger partial charge on any atom is 0.306 e. The molecule has 1 atom stereocenters. The van der Waals surface area contributed by atoms with Crippen molar-refractivity contribution in [3.05, 3.63) is 85.1 Å². The monoisotopic (exact) mass is 1040 g/mol. The second-order valence-electron chi connectivity index (χ2n) is 21.3. The lowest BCUT2D eigenvalue weighted by Crippen LogP contribution is -2.30. The number of unbranched alkanes of at least 4 members (excludes halogenated alkanes) is 33. The first-order valence-corrected chi connectivity index (χ1v) is 32.1. The Balaban J connectivity index is 4.13. The van der Waals surface area contributed by atoms with Crippen molar-refractivity contribution in [2.75, 3.05) is 13.2 Å². The molecule has 0 heterocycles. The summed E-state index contributed by atoms with van der Waals surface area (Å²) in [6, 6.07) is 0. The highest BCUT2D eigenvalue weighted by Crippen LogP contribution is 2.17. The van der Waals surface area contributed by atoms with Crippen molar-refractivity contribution >= 4 is 17.9 Å². The minimum atomic E-state index is -0.781. The second-order valence-corrected chi connectivity index (χ2v) is 21.3. The number of rotatable bonds is 58. The molecule has 0 saturated heterocycles. The molecule has 0 spiro atoms. The van der Waals surface area contributed by atoms with Crippen LogP contribution in [0.4, 0.5) is 0 Å². The lowest BCUT2D eigenvalue weighted by atomic mass is 10.0. The third-order valence-corrected chi connectivity index (χ3v) is 13.9. The molecule has 0 N–H and O–H groups in total. The van der Waals surface area contributed by atoms with E-state index in [0.717, 1.165) is 122 Å². The first-order chi connectivity index (χ1) is 37.0. The Morgan fingerprint density at radius 3 is 0.813 bits per heavy atom. The SMILES string of the molecule is CC/C=C\C/C=C\C/C=C\C/C=C\C/C=C\C/C=C\C/C=C\CCCCCCCC(=O)OCC(COC(=O)CCCCCCCC)OC(=O)CCCCCCCCCCCCCCCCCCCCCCCCCC. The summed E-state index contributed by atoms with van der Waals surface area (Å²) in [6.07, 6.45) is 83.4. The minimum Gasteiger partial charge on any atom is -0.462 e. The van der Waals surface area contributed by atoms with E-state index in [4.69, 9.17) is 14.2 Å². The van der Waals surface area contributed by atoms with E-state index < -0.39 is 6.10 Å². The van der Waals surface area contributed by atoms with Crippen molar-refractivity contribution in [2.45, 2.75) is 322 Å². The van der Waals surface area contributed by atoms with Gasteiger partial charge in [-0.15, -0.1) is 0 Å². The summed E-state index contributed by atoms with van der Waals surface area (Å²) in [5.41, 5.74) is 0. The molecule has 0 aromatic heterocycles. The molecule has 1 unspecified atom stereocenters. The second kappa shape index (κ2) is 63.1. The van der Waals surface area contributed by atoms with Crippen LogP contribution in [0.1, 0.15) is 316 Å². The van der Waals surface area contributed by atoms with Gasteiger partial charge < -0.3 is 14.2 Å². The predicted octanol–water partition coefficient (Wildman–Crippen LogP) is 21.9. The molecule has 6 heteroatoms. The quantitative estimate of drug-likeness (QED) is 0.0261. The Morgan fingerprint density at radius 1 is 0.280 bits per heavy atom.